The lowest BCUT2D eigenvalue weighted by Crippen LogP contribution is -2.27. The molecule has 1 saturated heterocycles. The Morgan fingerprint density at radius 1 is 1.23 bits per heavy atom. The summed E-state index contributed by atoms with van der Waals surface area (Å²) in [7, 11) is 0. The second-order valence-electron chi connectivity index (χ2n) is 5.40. The van der Waals surface area contributed by atoms with Gasteiger partial charge in [0, 0.05) is 12.3 Å². The summed E-state index contributed by atoms with van der Waals surface area (Å²) in [5, 5.41) is 9.79. The molecule has 0 amide bonds. The van der Waals surface area contributed by atoms with Crippen LogP contribution in [0.25, 0.3) is 11.1 Å². The summed E-state index contributed by atoms with van der Waals surface area (Å²) in [6.45, 7) is 1.63. The van der Waals surface area contributed by atoms with Gasteiger partial charge in [-0.1, -0.05) is 5.92 Å². The molecular formula is C20H14N2O4. The van der Waals surface area contributed by atoms with E-state index in [2.05, 4.69) is 52.3 Å². The van der Waals surface area contributed by atoms with Crippen molar-refractivity contribution in [2.45, 2.75) is 32.1 Å². The van der Waals surface area contributed by atoms with Crippen LogP contribution in [-0.2, 0) is 4.74 Å². The molecular weight excluding hydrogens is 332 g/mol. The molecule has 26 heavy (non-hydrogen) atoms. The molecule has 1 aliphatic rings. The molecule has 1 N–H and O–H groups in total. The maximum absolute atomic E-state index is 12.2. The van der Waals surface area contributed by atoms with E-state index in [1.165, 1.54) is 4.57 Å². The van der Waals surface area contributed by atoms with Crippen molar-refractivity contribution < 1.29 is 14.3 Å². The number of hydrogen-bond donors (Lipinski definition) is 1. The number of nitrogens with zero attached hydrogens (tertiary/aromatic N) is 2. The molecule has 0 aliphatic carbocycles. The van der Waals surface area contributed by atoms with Gasteiger partial charge in [0.1, 0.15) is 6.23 Å². The lowest BCUT2D eigenvalue weighted by atomic mass is 10.2. The number of hydrogen-bond acceptors (Lipinski definition) is 5. The van der Waals surface area contributed by atoms with Crippen molar-refractivity contribution in [1.29, 1.82) is 0 Å². The number of fused-ring (bicyclic) bond motifs is 1. The summed E-state index contributed by atoms with van der Waals surface area (Å²) < 4.78 is 12.5. The van der Waals surface area contributed by atoms with Gasteiger partial charge in [0.2, 0.25) is 5.71 Å². The van der Waals surface area contributed by atoms with Gasteiger partial charge >= 0.3 is 5.69 Å². The molecule has 2 aromatic rings. The van der Waals surface area contributed by atoms with Crippen molar-refractivity contribution in [3.05, 3.63) is 28.5 Å². The third-order valence-corrected chi connectivity index (χ3v) is 3.66. The first-order chi connectivity index (χ1) is 12.7. The van der Waals surface area contributed by atoms with Crippen molar-refractivity contribution in [2.75, 3.05) is 6.61 Å². The first kappa shape index (κ1) is 17.4. The molecule has 0 radical (unpaired) electrons. The molecule has 1 aliphatic heterocycles. The van der Waals surface area contributed by atoms with E-state index >= 15 is 0 Å². The van der Waals surface area contributed by atoms with Gasteiger partial charge in [0.05, 0.1) is 18.1 Å². The van der Waals surface area contributed by atoms with Crippen molar-refractivity contribution >= 4 is 11.1 Å². The smallest absolute Gasteiger partial charge is 0.353 e. The molecule has 6 nitrogen and oxygen atoms in total. The summed E-state index contributed by atoms with van der Waals surface area (Å²) >= 11 is 0. The highest BCUT2D eigenvalue weighted by Crippen LogP contribution is 2.27. The van der Waals surface area contributed by atoms with Gasteiger partial charge in [-0.15, -0.1) is 0 Å². The molecule has 0 bridgehead atoms. The summed E-state index contributed by atoms with van der Waals surface area (Å²) in [4.78, 5) is 16.1. The molecule has 0 aromatic carbocycles. The molecule has 3 rings (SSSR count). The zero-order valence-electron chi connectivity index (χ0n) is 14.0. The number of aliphatic hydroxyl groups excluding tert-OH is 1. The van der Waals surface area contributed by atoms with Crippen LogP contribution in [0.2, 0.25) is 0 Å². The standard InChI is InChI=1S/C20H14N2O4/c1-2-3-4-5-6-7-8-9-16-12-15-13-22(20(24)21-19(15)26-16)18-11-10-17(14-23)25-18/h12-13,17-18,23H,10-11,14H2,1H3. The Balaban J connectivity index is 1.83. The molecule has 2 atom stereocenters. The van der Waals surface area contributed by atoms with Crippen LogP contribution in [0.5, 0.6) is 0 Å². The molecule has 2 aromatic heterocycles. The lowest BCUT2D eigenvalue weighted by Gasteiger charge is -2.14. The van der Waals surface area contributed by atoms with Crippen LogP contribution in [-0.4, -0.2) is 27.4 Å². The zero-order chi connectivity index (χ0) is 18.4. The molecule has 0 saturated carbocycles. The Hall–Kier alpha value is -3.42. The molecule has 2 unspecified atom stereocenters. The fourth-order valence-corrected chi connectivity index (χ4v) is 2.50. The van der Waals surface area contributed by atoms with Crippen molar-refractivity contribution in [3.8, 4) is 47.4 Å². The molecule has 128 valence electrons. The average molecular weight is 346 g/mol. The number of furan rings is 1. The Bertz CT molecular complexity index is 1130. The number of aromatic nitrogens is 2. The van der Waals surface area contributed by atoms with Crippen LogP contribution in [0.4, 0.5) is 0 Å². The fraction of sp³-hybridized carbons (Fsp3) is 0.300. The predicted molar refractivity (Wildman–Crippen MR) is 94.4 cm³/mol. The first-order valence-electron chi connectivity index (χ1n) is 7.93. The topological polar surface area (TPSA) is 77.5 Å². The largest absolute Gasteiger partial charge is 0.429 e. The number of ether oxygens (including phenoxy) is 1. The minimum atomic E-state index is -0.470. The summed E-state index contributed by atoms with van der Waals surface area (Å²) in [6.07, 6.45) is 2.28. The quantitative estimate of drug-likeness (QED) is 0.822. The number of rotatable bonds is 2. The first-order valence-corrected chi connectivity index (χ1v) is 7.93. The highest BCUT2D eigenvalue weighted by atomic mass is 16.5. The zero-order valence-corrected chi connectivity index (χ0v) is 14.0. The molecule has 3 heterocycles. The van der Waals surface area contributed by atoms with Crippen LogP contribution in [0.15, 0.2) is 21.5 Å². The van der Waals surface area contributed by atoms with Crippen molar-refractivity contribution in [2.24, 2.45) is 0 Å². The van der Waals surface area contributed by atoms with Gasteiger partial charge in [-0.05, 0) is 61.2 Å². The Kier molecular flexibility index (Phi) is 5.43. The second kappa shape index (κ2) is 8.11. The number of aliphatic hydroxyl groups is 1. The molecule has 0 spiro atoms. The van der Waals surface area contributed by atoms with Crippen molar-refractivity contribution in [3.63, 3.8) is 0 Å². The van der Waals surface area contributed by atoms with Crippen molar-refractivity contribution in [1.82, 2.24) is 9.55 Å². The van der Waals surface area contributed by atoms with Crippen LogP contribution in [0.1, 0.15) is 31.8 Å². The van der Waals surface area contributed by atoms with E-state index in [4.69, 9.17) is 14.3 Å². The van der Waals surface area contributed by atoms with E-state index in [1.54, 1.807) is 19.2 Å². The normalized spacial score (nSPS) is 17.8. The SMILES string of the molecule is CC#CC#CC#CC#Cc1cc2cn(C3CCC(CO)O3)c(=O)nc2o1. The van der Waals surface area contributed by atoms with Gasteiger partial charge in [-0.2, -0.15) is 4.98 Å². The van der Waals surface area contributed by atoms with E-state index in [0.29, 0.717) is 24.0 Å². The highest BCUT2D eigenvalue weighted by molar-refractivity contribution is 5.74. The van der Waals surface area contributed by atoms with E-state index in [9.17, 15) is 4.79 Å². The Labute approximate surface area is 150 Å². The molecule has 1 fully saturated rings. The predicted octanol–water partition coefficient (Wildman–Crippen LogP) is 1.04. The molecule has 6 heteroatoms. The fourth-order valence-electron chi connectivity index (χ4n) is 2.50. The van der Waals surface area contributed by atoms with Crippen LogP contribution >= 0.6 is 0 Å². The summed E-state index contributed by atoms with van der Waals surface area (Å²) in [6, 6.07) is 1.68. The second-order valence-corrected chi connectivity index (χ2v) is 5.40. The third-order valence-electron chi connectivity index (χ3n) is 3.66. The minimum Gasteiger partial charge on any atom is -0.429 e. The third kappa shape index (κ3) is 3.97. The van der Waals surface area contributed by atoms with Crippen LogP contribution < -0.4 is 5.69 Å². The van der Waals surface area contributed by atoms with Gasteiger partial charge < -0.3 is 14.3 Å². The maximum atomic E-state index is 12.2. The lowest BCUT2D eigenvalue weighted by molar-refractivity contribution is -0.0243. The van der Waals surface area contributed by atoms with Gasteiger partial charge in [0.25, 0.3) is 0 Å². The Morgan fingerprint density at radius 2 is 2.00 bits per heavy atom. The Morgan fingerprint density at radius 3 is 2.73 bits per heavy atom. The van der Waals surface area contributed by atoms with E-state index < -0.39 is 11.9 Å². The minimum absolute atomic E-state index is 0.0667. The van der Waals surface area contributed by atoms with Gasteiger partial charge in [-0.25, -0.2) is 4.79 Å². The van der Waals surface area contributed by atoms with E-state index in [-0.39, 0.29) is 18.4 Å². The van der Waals surface area contributed by atoms with E-state index in [1.807, 2.05) is 0 Å². The van der Waals surface area contributed by atoms with E-state index in [0.717, 1.165) is 0 Å². The van der Waals surface area contributed by atoms with Crippen LogP contribution in [0.3, 0.4) is 0 Å². The maximum Gasteiger partial charge on any atom is 0.353 e. The summed E-state index contributed by atoms with van der Waals surface area (Å²) in [5.74, 6) is 21.1. The van der Waals surface area contributed by atoms with Gasteiger partial charge in [-0.3, -0.25) is 4.57 Å². The van der Waals surface area contributed by atoms with Gasteiger partial charge in [0.15, 0.2) is 5.76 Å². The summed E-state index contributed by atoms with van der Waals surface area (Å²) in [5.41, 5.74) is -0.264. The average Bonchev–Trinajstić information content (AvgIpc) is 3.26. The monoisotopic (exact) mass is 346 g/mol. The van der Waals surface area contributed by atoms with Crippen LogP contribution in [0, 0.1) is 47.4 Å². The highest BCUT2D eigenvalue weighted by Gasteiger charge is 2.27.